The van der Waals surface area contributed by atoms with Gasteiger partial charge in [-0.15, -0.1) is 16.4 Å². The molecule has 1 aromatic carbocycles. The Morgan fingerprint density at radius 1 is 0.967 bits per heavy atom. The van der Waals surface area contributed by atoms with E-state index in [1.807, 2.05) is 36.9 Å². The summed E-state index contributed by atoms with van der Waals surface area (Å²) in [6, 6.07) is 12.4. The van der Waals surface area contributed by atoms with Crippen molar-refractivity contribution in [2.24, 2.45) is 0 Å². The van der Waals surface area contributed by atoms with E-state index in [4.69, 9.17) is 0 Å². The van der Waals surface area contributed by atoms with E-state index in [2.05, 4.69) is 5.10 Å². The van der Waals surface area contributed by atoms with Crippen molar-refractivity contribution < 1.29 is 8.42 Å². The van der Waals surface area contributed by atoms with Crippen LogP contribution in [0.3, 0.4) is 0 Å². The van der Waals surface area contributed by atoms with E-state index in [-0.39, 0.29) is 5.56 Å². The summed E-state index contributed by atoms with van der Waals surface area (Å²) in [6.45, 7) is 6.07. The van der Waals surface area contributed by atoms with Crippen molar-refractivity contribution in [3.63, 3.8) is 0 Å². The average Bonchev–Trinajstić information content (AvgIpc) is 3.16. The molecule has 1 aliphatic rings. The Hall–Kier alpha value is -2.49. The molecule has 1 aliphatic heterocycles. The summed E-state index contributed by atoms with van der Waals surface area (Å²) in [6.07, 6.45) is 0.690. The SMILES string of the molecule is Cc1ccc(-n2nc(N3CCCN(S(=O)(=O)c4cccs4)CC3)ccc2=O)cc1C. The first-order chi connectivity index (χ1) is 14.4. The first kappa shape index (κ1) is 20.8. The second-order valence-electron chi connectivity index (χ2n) is 7.39. The maximum Gasteiger partial charge on any atom is 0.271 e. The average molecular weight is 445 g/mol. The van der Waals surface area contributed by atoms with Crippen LogP contribution in [0, 0.1) is 13.8 Å². The second-order valence-corrected chi connectivity index (χ2v) is 10.5. The van der Waals surface area contributed by atoms with Crippen molar-refractivity contribution in [1.82, 2.24) is 14.1 Å². The summed E-state index contributed by atoms with van der Waals surface area (Å²) >= 11 is 1.24. The van der Waals surface area contributed by atoms with E-state index in [1.54, 1.807) is 23.6 Å². The van der Waals surface area contributed by atoms with Gasteiger partial charge < -0.3 is 4.90 Å². The number of nitrogens with zero attached hydrogens (tertiary/aromatic N) is 4. The van der Waals surface area contributed by atoms with Gasteiger partial charge in [-0.1, -0.05) is 12.1 Å². The van der Waals surface area contributed by atoms with Crippen molar-refractivity contribution >= 4 is 27.2 Å². The fourth-order valence-electron chi connectivity index (χ4n) is 3.51. The van der Waals surface area contributed by atoms with Crippen LogP contribution in [0.15, 0.2) is 56.8 Å². The molecule has 0 spiro atoms. The second kappa shape index (κ2) is 8.33. The smallest absolute Gasteiger partial charge is 0.271 e. The molecule has 158 valence electrons. The molecular weight excluding hydrogens is 420 g/mol. The standard InChI is InChI=1S/C21H24N4O3S2/c1-16-6-7-18(15-17(16)2)25-20(26)9-8-19(22-25)23-10-4-11-24(13-12-23)30(27,28)21-5-3-14-29-21/h3,5-9,14-15H,4,10-13H2,1-2H3. The Bertz CT molecular complexity index is 1200. The lowest BCUT2D eigenvalue weighted by molar-refractivity contribution is 0.434. The maximum atomic E-state index is 12.8. The third-order valence-corrected chi connectivity index (χ3v) is 8.66. The molecule has 4 rings (SSSR count). The number of hydrogen-bond donors (Lipinski definition) is 0. The Morgan fingerprint density at radius 2 is 1.80 bits per heavy atom. The Labute approximate surface area is 180 Å². The largest absolute Gasteiger partial charge is 0.354 e. The molecule has 3 heterocycles. The molecule has 0 unspecified atom stereocenters. The molecule has 9 heteroatoms. The minimum atomic E-state index is -3.46. The number of hydrogen-bond acceptors (Lipinski definition) is 6. The molecular formula is C21H24N4O3S2. The molecule has 3 aromatic rings. The van der Waals surface area contributed by atoms with E-state index >= 15 is 0 Å². The van der Waals surface area contributed by atoms with Crippen LogP contribution < -0.4 is 10.5 Å². The van der Waals surface area contributed by atoms with Crippen molar-refractivity contribution in [1.29, 1.82) is 0 Å². The van der Waals surface area contributed by atoms with Gasteiger partial charge in [0.15, 0.2) is 0 Å². The highest BCUT2D eigenvalue weighted by Gasteiger charge is 2.28. The lowest BCUT2D eigenvalue weighted by Crippen LogP contribution is -2.35. The molecule has 0 atom stereocenters. The summed E-state index contributed by atoms with van der Waals surface area (Å²) in [7, 11) is -3.46. The van der Waals surface area contributed by atoms with Crippen LogP contribution in [0.1, 0.15) is 17.5 Å². The molecule has 0 amide bonds. The number of sulfonamides is 1. The predicted molar refractivity (Wildman–Crippen MR) is 119 cm³/mol. The monoisotopic (exact) mass is 444 g/mol. The number of rotatable bonds is 4. The molecule has 30 heavy (non-hydrogen) atoms. The molecule has 1 saturated heterocycles. The summed E-state index contributed by atoms with van der Waals surface area (Å²) in [5, 5.41) is 6.35. The van der Waals surface area contributed by atoms with Crippen molar-refractivity contribution in [2.45, 2.75) is 24.5 Å². The van der Waals surface area contributed by atoms with Gasteiger partial charge >= 0.3 is 0 Å². The predicted octanol–water partition coefficient (Wildman–Crippen LogP) is 2.81. The Morgan fingerprint density at radius 3 is 2.53 bits per heavy atom. The molecule has 0 aliphatic carbocycles. The summed E-state index contributed by atoms with van der Waals surface area (Å²) in [5.41, 5.74) is 2.78. The third kappa shape index (κ3) is 4.05. The van der Waals surface area contributed by atoms with Gasteiger partial charge in [-0.3, -0.25) is 4.79 Å². The first-order valence-corrected chi connectivity index (χ1v) is 12.1. The van der Waals surface area contributed by atoms with Gasteiger partial charge in [-0.05, 0) is 61.0 Å². The van der Waals surface area contributed by atoms with E-state index < -0.39 is 10.0 Å². The van der Waals surface area contributed by atoms with E-state index in [9.17, 15) is 13.2 Å². The molecule has 0 bridgehead atoms. The van der Waals surface area contributed by atoms with Gasteiger partial charge in [-0.25, -0.2) is 8.42 Å². The highest BCUT2D eigenvalue weighted by molar-refractivity contribution is 7.91. The number of aromatic nitrogens is 2. The van der Waals surface area contributed by atoms with Crippen molar-refractivity contribution in [2.75, 3.05) is 31.1 Å². The number of benzene rings is 1. The highest BCUT2D eigenvalue weighted by atomic mass is 32.2. The van der Waals surface area contributed by atoms with Crippen molar-refractivity contribution in [3.05, 3.63) is 69.3 Å². The number of anilines is 1. The summed E-state index contributed by atoms with van der Waals surface area (Å²) in [4.78, 5) is 14.5. The van der Waals surface area contributed by atoms with Gasteiger partial charge in [0.05, 0.1) is 5.69 Å². The molecule has 7 nitrogen and oxygen atoms in total. The van der Waals surface area contributed by atoms with E-state index in [0.717, 1.165) is 16.8 Å². The van der Waals surface area contributed by atoms with Crippen LogP contribution in [0.25, 0.3) is 5.69 Å². The van der Waals surface area contributed by atoms with Gasteiger partial charge in [-0.2, -0.15) is 8.99 Å². The lowest BCUT2D eigenvalue weighted by Gasteiger charge is -2.22. The zero-order valence-corrected chi connectivity index (χ0v) is 18.6. The van der Waals surface area contributed by atoms with Gasteiger partial charge in [0.25, 0.3) is 15.6 Å². The number of thiophene rings is 1. The van der Waals surface area contributed by atoms with Crippen LogP contribution in [-0.2, 0) is 10.0 Å². The van der Waals surface area contributed by atoms with Gasteiger partial charge in [0, 0.05) is 32.2 Å². The Kier molecular flexibility index (Phi) is 5.77. The first-order valence-electron chi connectivity index (χ1n) is 9.83. The van der Waals surface area contributed by atoms with Crippen molar-refractivity contribution in [3.8, 4) is 5.69 Å². The normalized spacial score (nSPS) is 15.9. The molecule has 0 N–H and O–H groups in total. The zero-order valence-electron chi connectivity index (χ0n) is 17.0. The Balaban J connectivity index is 1.58. The minimum Gasteiger partial charge on any atom is -0.354 e. The zero-order chi connectivity index (χ0) is 21.3. The van der Waals surface area contributed by atoms with Crippen LogP contribution in [0.4, 0.5) is 5.82 Å². The number of aryl methyl sites for hydroxylation is 2. The highest BCUT2D eigenvalue weighted by Crippen LogP contribution is 2.23. The molecule has 0 radical (unpaired) electrons. The third-order valence-electron chi connectivity index (χ3n) is 5.39. The lowest BCUT2D eigenvalue weighted by atomic mass is 10.1. The molecule has 1 fully saturated rings. The summed E-state index contributed by atoms with van der Waals surface area (Å²) < 4.78 is 29.0. The minimum absolute atomic E-state index is 0.196. The van der Waals surface area contributed by atoms with Crippen LogP contribution >= 0.6 is 11.3 Å². The van der Waals surface area contributed by atoms with E-state index in [1.165, 1.54) is 26.4 Å². The van der Waals surface area contributed by atoms with Crippen LogP contribution in [0.5, 0.6) is 0 Å². The van der Waals surface area contributed by atoms with Crippen LogP contribution in [-0.4, -0.2) is 48.7 Å². The molecule has 2 aromatic heterocycles. The fourth-order valence-corrected chi connectivity index (χ4v) is 6.13. The molecule has 0 saturated carbocycles. The van der Waals surface area contributed by atoms with E-state index in [0.29, 0.717) is 42.6 Å². The van der Waals surface area contributed by atoms with Crippen LogP contribution in [0.2, 0.25) is 0 Å². The van der Waals surface area contributed by atoms with Gasteiger partial charge in [0.1, 0.15) is 10.0 Å². The van der Waals surface area contributed by atoms with Gasteiger partial charge in [0.2, 0.25) is 0 Å². The maximum absolute atomic E-state index is 12.8. The quantitative estimate of drug-likeness (QED) is 0.619. The topological polar surface area (TPSA) is 75.5 Å². The fraction of sp³-hybridized carbons (Fsp3) is 0.333. The summed E-state index contributed by atoms with van der Waals surface area (Å²) in [5.74, 6) is 0.670.